The average Bonchev–Trinajstić information content (AvgIpc) is 2.77. The molecule has 0 aliphatic carbocycles. The number of Topliss-reactive ketones (excluding diaryl/α,β-unsaturated/α-hetero) is 1. The number of halogens is 2. The lowest BCUT2D eigenvalue weighted by Gasteiger charge is -2.14. The number of para-hydroxylation sites is 1. The van der Waals surface area contributed by atoms with Gasteiger partial charge in [-0.1, -0.05) is 71.7 Å². The first-order valence-corrected chi connectivity index (χ1v) is 10.3. The summed E-state index contributed by atoms with van der Waals surface area (Å²) in [6.45, 7) is 1.40. The van der Waals surface area contributed by atoms with Gasteiger partial charge in [0.05, 0.1) is 21.8 Å². The summed E-state index contributed by atoms with van der Waals surface area (Å²) >= 11 is 12.0. The second kappa shape index (κ2) is 8.88. The van der Waals surface area contributed by atoms with Crippen molar-refractivity contribution in [2.75, 3.05) is 6.61 Å². The molecule has 0 N–H and O–H groups in total. The lowest BCUT2D eigenvalue weighted by molar-refractivity contribution is 0.0476. The number of benzene rings is 3. The van der Waals surface area contributed by atoms with Gasteiger partial charge in [-0.05, 0) is 36.8 Å². The summed E-state index contributed by atoms with van der Waals surface area (Å²) in [5.41, 5.74) is 3.58. The summed E-state index contributed by atoms with van der Waals surface area (Å²) in [5, 5.41) is 1.30. The van der Waals surface area contributed by atoms with Gasteiger partial charge >= 0.3 is 5.97 Å². The van der Waals surface area contributed by atoms with Gasteiger partial charge in [-0.25, -0.2) is 9.78 Å². The van der Waals surface area contributed by atoms with Crippen LogP contribution < -0.4 is 0 Å². The summed E-state index contributed by atoms with van der Waals surface area (Å²) in [7, 11) is 0. The molecule has 0 saturated heterocycles. The van der Waals surface area contributed by atoms with Crippen molar-refractivity contribution in [3.8, 4) is 11.3 Å². The maximum atomic E-state index is 13.1. The average molecular weight is 450 g/mol. The standard InChI is InChI=1S/C25H17Cl2NO3/c1-15-23(25(30)31-14-22(29)18-12-11-17(26)13-20(18)27)19-9-5-6-10-21(19)28-24(15)16-7-3-2-4-8-16/h2-13H,14H2,1H3. The third kappa shape index (κ3) is 4.31. The normalized spacial score (nSPS) is 10.8. The Balaban J connectivity index is 1.69. The van der Waals surface area contributed by atoms with E-state index in [2.05, 4.69) is 0 Å². The maximum Gasteiger partial charge on any atom is 0.339 e. The van der Waals surface area contributed by atoms with Crippen molar-refractivity contribution >= 4 is 45.9 Å². The van der Waals surface area contributed by atoms with Crippen LogP contribution >= 0.6 is 23.2 Å². The van der Waals surface area contributed by atoms with Gasteiger partial charge < -0.3 is 4.74 Å². The van der Waals surface area contributed by atoms with Gasteiger partial charge in [-0.3, -0.25) is 4.79 Å². The Morgan fingerprint density at radius 3 is 2.39 bits per heavy atom. The molecule has 0 radical (unpaired) electrons. The fraction of sp³-hybridized carbons (Fsp3) is 0.0800. The van der Waals surface area contributed by atoms with Crippen LogP contribution in [-0.4, -0.2) is 23.3 Å². The molecule has 4 nitrogen and oxygen atoms in total. The minimum absolute atomic E-state index is 0.213. The number of esters is 1. The van der Waals surface area contributed by atoms with E-state index in [1.807, 2.05) is 61.5 Å². The number of carbonyl (C=O) groups excluding carboxylic acids is 2. The van der Waals surface area contributed by atoms with Gasteiger partial charge in [-0.15, -0.1) is 0 Å². The maximum absolute atomic E-state index is 13.1. The second-order valence-electron chi connectivity index (χ2n) is 6.97. The van der Waals surface area contributed by atoms with E-state index in [9.17, 15) is 9.59 Å². The number of rotatable bonds is 5. The smallest absolute Gasteiger partial charge is 0.339 e. The number of pyridine rings is 1. The Morgan fingerprint density at radius 2 is 1.65 bits per heavy atom. The molecule has 0 amide bonds. The SMILES string of the molecule is Cc1c(-c2ccccc2)nc2ccccc2c1C(=O)OCC(=O)c1ccc(Cl)cc1Cl. The Hall–Kier alpha value is -3.21. The lowest BCUT2D eigenvalue weighted by atomic mass is 9.98. The highest BCUT2D eigenvalue weighted by atomic mass is 35.5. The minimum Gasteiger partial charge on any atom is -0.454 e. The number of aromatic nitrogens is 1. The van der Waals surface area contributed by atoms with Gasteiger partial charge in [0.25, 0.3) is 0 Å². The quantitative estimate of drug-likeness (QED) is 0.255. The van der Waals surface area contributed by atoms with Crippen LogP contribution in [-0.2, 0) is 4.74 Å². The molecular weight excluding hydrogens is 433 g/mol. The number of ketones is 1. The molecule has 0 saturated carbocycles. The Morgan fingerprint density at radius 1 is 0.935 bits per heavy atom. The van der Waals surface area contributed by atoms with E-state index in [0.29, 0.717) is 32.7 Å². The molecule has 0 atom stereocenters. The number of carbonyl (C=O) groups is 2. The van der Waals surface area contributed by atoms with Crippen molar-refractivity contribution in [2.45, 2.75) is 6.92 Å². The van der Waals surface area contributed by atoms with Crippen LogP contribution in [0, 0.1) is 6.92 Å². The van der Waals surface area contributed by atoms with Gasteiger partial charge in [0.2, 0.25) is 5.78 Å². The number of hydrogen-bond acceptors (Lipinski definition) is 4. The van der Waals surface area contributed by atoms with Crippen molar-refractivity contribution in [1.82, 2.24) is 4.98 Å². The fourth-order valence-corrected chi connectivity index (χ4v) is 3.96. The van der Waals surface area contributed by atoms with Crippen LogP contribution in [0.3, 0.4) is 0 Å². The molecule has 0 fully saturated rings. The van der Waals surface area contributed by atoms with Crippen LogP contribution in [0.2, 0.25) is 10.0 Å². The molecule has 0 aliphatic heterocycles. The molecule has 31 heavy (non-hydrogen) atoms. The first-order chi connectivity index (χ1) is 15.0. The second-order valence-corrected chi connectivity index (χ2v) is 7.81. The molecule has 0 spiro atoms. The molecule has 1 aromatic heterocycles. The molecule has 0 aliphatic rings. The van der Waals surface area contributed by atoms with E-state index in [-0.39, 0.29) is 10.6 Å². The molecule has 4 rings (SSSR count). The Bertz CT molecular complexity index is 1300. The highest BCUT2D eigenvalue weighted by molar-refractivity contribution is 6.36. The molecular formula is C25H17Cl2NO3. The number of fused-ring (bicyclic) bond motifs is 1. The van der Waals surface area contributed by atoms with Gasteiger partial charge in [0, 0.05) is 21.5 Å². The van der Waals surface area contributed by atoms with Crippen LogP contribution in [0.15, 0.2) is 72.8 Å². The largest absolute Gasteiger partial charge is 0.454 e. The molecule has 0 unspecified atom stereocenters. The van der Waals surface area contributed by atoms with E-state index in [0.717, 1.165) is 5.56 Å². The van der Waals surface area contributed by atoms with E-state index in [1.165, 1.54) is 12.1 Å². The number of nitrogens with zero attached hydrogens (tertiary/aromatic N) is 1. The highest BCUT2D eigenvalue weighted by Gasteiger charge is 2.21. The van der Waals surface area contributed by atoms with Crippen molar-refractivity contribution in [3.63, 3.8) is 0 Å². The molecule has 6 heteroatoms. The van der Waals surface area contributed by atoms with Crippen molar-refractivity contribution in [2.24, 2.45) is 0 Å². The lowest BCUT2D eigenvalue weighted by Crippen LogP contribution is -2.16. The molecule has 154 valence electrons. The van der Waals surface area contributed by atoms with E-state index in [4.69, 9.17) is 32.9 Å². The van der Waals surface area contributed by atoms with Crippen LogP contribution in [0.1, 0.15) is 26.3 Å². The predicted molar refractivity (Wildman–Crippen MR) is 123 cm³/mol. The minimum atomic E-state index is -0.591. The molecule has 1 heterocycles. The number of ether oxygens (including phenoxy) is 1. The van der Waals surface area contributed by atoms with E-state index in [1.54, 1.807) is 6.07 Å². The number of hydrogen-bond donors (Lipinski definition) is 0. The third-order valence-corrected chi connectivity index (χ3v) is 5.50. The van der Waals surface area contributed by atoms with E-state index >= 15 is 0 Å². The van der Waals surface area contributed by atoms with Gasteiger partial charge in [0.1, 0.15) is 0 Å². The summed E-state index contributed by atoms with van der Waals surface area (Å²) < 4.78 is 5.40. The summed E-state index contributed by atoms with van der Waals surface area (Å²) in [4.78, 5) is 30.4. The Kier molecular flexibility index (Phi) is 6.03. The monoisotopic (exact) mass is 449 g/mol. The van der Waals surface area contributed by atoms with Crippen LogP contribution in [0.5, 0.6) is 0 Å². The molecule has 4 aromatic rings. The third-order valence-electron chi connectivity index (χ3n) is 4.95. The van der Waals surface area contributed by atoms with Crippen LogP contribution in [0.4, 0.5) is 0 Å². The Labute approximate surface area is 189 Å². The van der Waals surface area contributed by atoms with E-state index < -0.39 is 18.4 Å². The van der Waals surface area contributed by atoms with Gasteiger partial charge in [0.15, 0.2) is 6.61 Å². The summed E-state index contributed by atoms with van der Waals surface area (Å²) in [6, 6.07) is 21.5. The van der Waals surface area contributed by atoms with Gasteiger partial charge in [-0.2, -0.15) is 0 Å². The summed E-state index contributed by atoms with van der Waals surface area (Å²) in [5.74, 6) is -0.999. The molecule has 0 bridgehead atoms. The zero-order valence-corrected chi connectivity index (χ0v) is 18.1. The topological polar surface area (TPSA) is 56.3 Å². The van der Waals surface area contributed by atoms with Crippen molar-refractivity contribution < 1.29 is 14.3 Å². The zero-order chi connectivity index (χ0) is 22.0. The highest BCUT2D eigenvalue weighted by Crippen LogP contribution is 2.30. The van der Waals surface area contributed by atoms with Crippen LogP contribution in [0.25, 0.3) is 22.2 Å². The first kappa shape index (κ1) is 21.0. The zero-order valence-electron chi connectivity index (χ0n) is 16.6. The fourth-order valence-electron chi connectivity index (χ4n) is 3.44. The molecule has 3 aromatic carbocycles. The van der Waals surface area contributed by atoms with Crippen molar-refractivity contribution in [3.05, 3.63) is 99.5 Å². The van der Waals surface area contributed by atoms with Crippen molar-refractivity contribution in [1.29, 1.82) is 0 Å². The summed E-state index contributed by atoms with van der Waals surface area (Å²) in [6.07, 6.45) is 0. The first-order valence-electron chi connectivity index (χ1n) is 9.56. The predicted octanol–water partition coefficient (Wildman–Crippen LogP) is 6.56.